The molecule has 0 bridgehead atoms. The van der Waals surface area contributed by atoms with Gasteiger partial charge in [0.1, 0.15) is 17.5 Å². The van der Waals surface area contributed by atoms with Gasteiger partial charge in [-0.1, -0.05) is 6.07 Å². The van der Waals surface area contributed by atoms with Crippen LogP contribution in [0.5, 0.6) is 0 Å². The molecule has 25 heavy (non-hydrogen) atoms. The molecule has 0 saturated heterocycles. The molecule has 0 aliphatic rings. The zero-order chi connectivity index (χ0) is 17.8. The van der Waals surface area contributed by atoms with Crippen molar-refractivity contribution in [3.8, 4) is 11.3 Å². The van der Waals surface area contributed by atoms with Crippen molar-refractivity contribution in [3.63, 3.8) is 0 Å². The molecule has 1 atom stereocenters. The van der Waals surface area contributed by atoms with Crippen LogP contribution in [0.15, 0.2) is 48.7 Å². The van der Waals surface area contributed by atoms with Crippen molar-refractivity contribution < 1.29 is 18.3 Å². The minimum absolute atomic E-state index is 0.0276. The minimum atomic E-state index is -1.11. The quantitative estimate of drug-likeness (QED) is 0.641. The van der Waals surface area contributed by atoms with Crippen LogP contribution < -0.4 is 5.32 Å². The standard InChI is InChI=1S/C18H16F3N3O/c19-13-3-1-11(2-4-13)18-12(9-23-24-18)8-22-10-17(25)15-6-5-14(20)7-16(15)21/h1-7,9,17,22,25H,8,10H2,(H,23,24)/t17-/m1/s1. The molecule has 3 aromatic rings. The number of aliphatic hydroxyl groups excluding tert-OH is 1. The van der Waals surface area contributed by atoms with E-state index >= 15 is 0 Å². The van der Waals surface area contributed by atoms with Gasteiger partial charge < -0.3 is 10.4 Å². The smallest absolute Gasteiger partial charge is 0.131 e. The Morgan fingerprint density at radius 2 is 1.76 bits per heavy atom. The molecule has 0 radical (unpaired) electrons. The van der Waals surface area contributed by atoms with Gasteiger partial charge in [-0.05, 0) is 30.3 Å². The molecular weight excluding hydrogens is 331 g/mol. The number of hydrogen-bond acceptors (Lipinski definition) is 3. The van der Waals surface area contributed by atoms with Crippen LogP contribution in [0.25, 0.3) is 11.3 Å². The van der Waals surface area contributed by atoms with Gasteiger partial charge in [0.15, 0.2) is 0 Å². The maximum Gasteiger partial charge on any atom is 0.131 e. The van der Waals surface area contributed by atoms with Crippen molar-refractivity contribution in [2.24, 2.45) is 0 Å². The van der Waals surface area contributed by atoms with Gasteiger partial charge in [0.25, 0.3) is 0 Å². The lowest BCUT2D eigenvalue weighted by atomic mass is 10.1. The molecular formula is C18H16F3N3O. The predicted molar refractivity (Wildman–Crippen MR) is 87.0 cm³/mol. The molecule has 7 heteroatoms. The second-order valence-corrected chi connectivity index (χ2v) is 5.59. The highest BCUT2D eigenvalue weighted by molar-refractivity contribution is 5.62. The fourth-order valence-corrected chi connectivity index (χ4v) is 2.54. The number of aromatic nitrogens is 2. The number of rotatable bonds is 6. The van der Waals surface area contributed by atoms with Crippen LogP contribution in [-0.4, -0.2) is 21.8 Å². The van der Waals surface area contributed by atoms with Gasteiger partial charge in [-0.15, -0.1) is 0 Å². The minimum Gasteiger partial charge on any atom is -0.387 e. The number of aliphatic hydroxyl groups is 1. The third-order valence-corrected chi connectivity index (χ3v) is 3.83. The Kier molecular flexibility index (Phi) is 5.16. The zero-order valence-electron chi connectivity index (χ0n) is 13.1. The molecule has 0 spiro atoms. The van der Waals surface area contributed by atoms with Gasteiger partial charge in [-0.2, -0.15) is 5.10 Å². The van der Waals surface area contributed by atoms with Crippen molar-refractivity contribution in [1.82, 2.24) is 15.5 Å². The summed E-state index contributed by atoms with van der Waals surface area (Å²) >= 11 is 0. The zero-order valence-corrected chi connectivity index (χ0v) is 13.1. The first-order valence-corrected chi connectivity index (χ1v) is 7.66. The van der Waals surface area contributed by atoms with Crippen molar-refractivity contribution in [1.29, 1.82) is 0 Å². The molecule has 0 amide bonds. The predicted octanol–water partition coefficient (Wildman–Crippen LogP) is 3.32. The summed E-state index contributed by atoms with van der Waals surface area (Å²) in [6.45, 7) is 0.444. The van der Waals surface area contributed by atoms with Gasteiger partial charge in [0, 0.05) is 35.8 Å². The molecule has 0 aliphatic carbocycles. The third-order valence-electron chi connectivity index (χ3n) is 3.83. The first kappa shape index (κ1) is 17.2. The second-order valence-electron chi connectivity index (χ2n) is 5.59. The molecule has 2 aromatic carbocycles. The normalized spacial score (nSPS) is 12.3. The van der Waals surface area contributed by atoms with Gasteiger partial charge in [-0.25, -0.2) is 13.2 Å². The number of benzene rings is 2. The average molecular weight is 347 g/mol. The van der Waals surface area contributed by atoms with E-state index in [0.717, 1.165) is 29.0 Å². The molecule has 0 fully saturated rings. The van der Waals surface area contributed by atoms with Crippen molar-refractivity contribution in [3.05, 3.63) is 77.2 Å². The molecule has 0 unspecified atom stereocenters. The number of hydrogen-bond donors (Lipinski definition) is 3. The number of nitrogens with one attached hydrogen (secondary N) is 2. The van der Waals surface area contributed by atoms with Crippen LogP contribution in [0.1, 0.15) is 17.2 Å². The van der Waals surface area contributed by atoms with Crippen LogP contribution in [-0.2, 0) is 6.54 Å². The van der Waals surface area contributed by atoms with Crippen molar-refractivity contribution in [2.75, 3.05) is 6.54 Å². The van der Waals surface area contributed by atoms with E-state index in [-0.39, 0.29) is 17.9 Å². The van der Waals surface area contributed by atoms with Crippen molar-refractivity contribution in [2.45, 2.75) is 12.6 Å². The summed E-state index contributed by atoms with van der Waals surface area (Å²) in [5, 5.41) is 19.9. The Labute approximate surface area is 142 Å². The Hall–Kier alpha value is -2.64. The lowest BCUT2D eigenvalue weighted by Gasteiger charge is -2.13. The Bertz CT molecular complexity index is 849. The van der Waals surface area contributed by atoms with E-state index in [4.69, 9.17) is 0 Å². The van der Waals surface area contributed by atoms with E-state index in [2.05, 4.69) is 15.5 Å². The van der Waals surface area contributed by atoms with Crippen molar-refractivity contribution >= 4 is 0 Å². The monoisotopic (exact) mass is 347 g/mol. The maximum atomic E-state index is 13.6. The fourth-order valence-electron chi connectivity index (χ4n) is 2.54. The summed E-state index contributed by atoms with van der Waals surface area (Å²) in [4.78, 5) is 0. The van der Waals surface area contributed by atoms with E-state index in [1.165, 1.54) is 18.2 Å². The summed E-state index contributed by atoms with van der Waals surface area (Å²) in [6, 6.07) is 9.04. The topological polar surface area (TPSA) is 60.9 Å². The van der Waals surface area contributed by atoms with E-state index < -0.39 is 17.7 Å². The maximum absolute atomic E-state index is 13.6. The summed E-state index contributed by atoms with van der Waals surface area (Å²) in [5.74, 6) is -1.80. The highest BCUT2D eigenvalue weighted by atomic mass is 19.1. The number of halogens is 3. The fraction of sp³-hybridized carbons (Fsp3) is 0.167. The molecule has 0 aliphatic heterocycles. The Morgan fingerprint density at radius 3 is 2.48 bits per heavy atom. The largest absolute Gasteiger partial charge is 0.387 e. The van der Waals surface area contributed by atoms with E-state index in [9.17, 15) is 18.3 Å². The first-order chi connectivity index (χ1) is 12.0. The first-order valence-electron chi connectivity index (χ1n) is 7.66. The number of aromatic amines is 1. The molecule has 0 saturated carbocycles. The van der Waals surface area contributed by atoms with E-state index in [0.29, 0.717) is 6.54 Å². The van der Waals surface area contributed by atoms with Gasteiger partial charge >= 0.3 is 0 Å². The van der Waals surface area contributed by atoms with Gasteiger partial charge in [0.2, 0.25) is 0 Å². The second kappa shape index (κ2) is 7.50. The van der Waals surface area contributed by atoms with Crippen LogP contribution in [0.4, 0.5) is 13.2 Å². The lowest BCUT2D eigenvalue weighted by Crippen LogP contribution is -2.21. The van der Waals surface area contributed by atoms with Gasteiger partial charge in [0.05, 0.1) is 18.0 Å². The SMILES string of the molecule is O[C@H](CNCc1cn[nH]c1-c1ccc(F)cc1)c1ccc(F)cc1F. The molecule has 1 aromatic heterocycles. The molecule has 3 N–H and O–H groups in total. The third kappa shape index (κ3) is 4.07. The van der Waals surface area contributed by atoms with E-state index in [1.54, 1.807) is 18.3 Å². The molecule has 4 nitrogen and oxygen atoms in total. The van der Waals surface area contributed by atoms with Crippen LogP contribution in [0.3, 0.4) is 0 Å². The molecule has 3 rings (SSSR count). The highest BCUT2D eigenvalue weighted by Crippen LogP contribution is 2.22. The summed E-state index contributed by atoms with van der Waals surface area (Å²) in [5.41, 5.74) is 2.36. The van der Waals surface area contributed by atoms with Crippen LogP contribution in [0.2, 0.25) is 0 Å². The lowest BCUT2D eigenvalue weighted by molar-refractivity contribution is 0.169. The Balaban J connectivity index is 1.63. The highest BCUT2D eigenvalue weighted by Gasteiger charge is 2.14. The number of H-pyrrole nitrogens is 1. The summed E-state index contributed by atoms with van der Waals surface area (Å²) in [6.07, 6.45) is 0.512. The van der Waals surface area contributed by atoms with Crippen LogP contribution >= 0.6 is 0 Å². The number of nitrogens with zero attached hydrogens (tertiary/aromatic N) is 1. The summed E-state index contributed by atoms with van der Waals surface area (Å²) in [7, 11) is 0. The molecule has 130 valence electrons. The molecule has 1 heterocycles. The Morgan fingerprint density at radius 1 is 1.04 bits per heavy atom. The van der Waals surface area contributed by atoms with E-state index in [1.807, 2.05) is 0 Å². The van der Waals surface area contributed by atoms with Gasteiger partial charge in [-0.3, -0.25) is 5.10 Å². The average Bonchev–Trinajstić information content (AvgIpc) is 3.04. The summed E-state index contributed by atoms with van der Waals surface area (Å²) < 4.78 is 39.6. The van der Waals surface area contributed by atoms with Crippen LogP contribution in [0, 0.1) is 17.5 Å².